The van der Waals surface area contributed by atoms with Crippen LogP contribution in [0.25, 0.3) is 21.9 Å². The molecular formula is C12H8BrF3N4O. The van der Waals surface area contributed by atoms with Crippen molar-refractivity contribution in [2.24, 2.45) is 0 Å². The van der Waals surface area contributed by atoms with Gasteiger partial charge in [-0.25, -0.2) is 9.97 Å². The zero-order valence-electron chi connectivity index (χ0n) is 10.6. The Hall–Kier alpha value is -1.90. The van der Waals surface area contributed by atoms with Gasteiger partial charge >= 0.3 is 6.18 Å². The summed E-state index contributed by atoms with van der Waals surface area (Å²) < 4.78 is 45.2. The van der Waals surface area contributed by atoms with Gasteiger partial charge in [-0.15, -0.1) is 0 Å². The first-order valence-electron chi connectivity index (χ1n) is 5.80. The summed E-state index contributed by atoms with van der Waals surface area (Å²) in [6.45, 7) is -1.17. The SMILES string of the molecule is COc1ncnc2c3cc(Br)ncc3n(CC(F)(F)F)c12. The van der Waals surface area contributed by atoms with Crippen molar-refractivity contribution in [2.75, 3.05) is 7.11 Å². The van der Waals surface area contributed by atoms with Crippen LogP contribution in [0.3, 0.4) is 0 Å². The van der Waals surface area contributed by atoms with E-state index in [9.17, 15) is 13.2 Å². The second-order valence-corrected chi connectivity index (χ2v) is 5.12. The Labute approximate surface area is 124 Å². The van der Waals surface area contributed by atoms with Crippen molar-refractivity contribution in [1.29, 1.82) is 0 Å². The van der Waals surface area contributed by atoms with Gasteiger partial charge in [0.2, 0.25) is 5.88 Å². The normalized spacial score (nSPS) is 12.2. The highest BCUT2D eigenvalue weighted by Crippen LogP contribution is 2.34. The minimum Gasteiger partial charge on any atom is -0.479 e. The molecule has 3 heterocycles. The predicted molar refractivity (Wildman–Crippen MR) is 73.1 cm³/mol. The first kappa shape index (κ1) is 14.1. The van der Waals surface area contributed by atoms with Crippen molar-refractivity contribution >= 4 is 37.9 Å². The summed E-state index contributed by atoms with van der Waals surface area (Å²) in [5, 5.41) is 0.553. The highest BCUT2D eigenvalue weighted by atomic mass is 79.9. The lowest BCUT2D eigenvalue weighted by atomic mass is 10.3. The number of fused-ring (bicyclic) bond motifs is 3. The van der Waals surface area contributed by atoms with E-state index in [1.807, 2.05) is 0 Å². The van der Waals surface area contributed by atoms with Gasteiger partial charge in [0, 0.05) is 5.39 Å². The van der Waals surface area contributed by atoms with Crippen LogP contribution in [-0.2, 0) is 6.54 Å². The molecule has 0 atom stereocenters. The molecule has 0 unspecified atom stereocenters. The molecule has 3 aromatic rings. The predicted octanol–water partition coefficient (Wildman–Crippen LogP) is 3.31. The fourth-order valence-electron chi connectivity index (χ4n) is 2.24. The van der Waals surface area contributed by atoms with Crippen LogP contribution in [0.5, 0.6) is 5.88 Å². The second kappa shape index (κ2) is 4.83. The zero-order valence-corrected chi connectivity index (χ0v) is 12.2. The Morgan fingerprint density at radius 3 is 2.71 bits per heavy atom. The standard InChI is InChI=1S/C12H8BrF3N4O/c1-21-11-10-9(18-5-19-11)6-2-8(13)17-3-7(6)20(10)4-12(14,15)16/h2-3,5H,4H2,1H3. The van der Waals surface area contributed by atoms with Crippen LogP contribution in [0, 0.1) is 0 Å². The van der Waals surface area contributed by atoms with E-state index >= 15 is 0 Å². The molecule has 5 nitrogen and oxygen atoms in total. The summed E-state index contributed by atoms with van der Waals surface area (Å²) in [6, 6.07) is 1.62. The molecule has 9 heteroatoms. The second-order valence-electron chi connectivity index (χ2n) is 4.31. The van der Waals surface area contributed by atoms with Crippen LogP contribution in [0.1, 0.15) is 0 Å². The Morgan fingerprint density at radius 1 is 1.29 bits per heavy atom. The van der Waals surface area contributed by atoms with Gasteiger partial charge in [-0.2, -0.15) is 18.2 Å². The van der Waals surface area contributed by atoms with E-state index in [2.05, 4.69) is 30.9 Å². The summed E-state index contributed by atoms with van der Waals surface area (Å²) >= 11 is 3.21. The van der Waals surface area contributed by atoms with Crippen molar-refractivity contribution in [3.63, 3.8) is 0 Å². The van der Waals surface area contributed by atoms with Crippen LogP contribution < -0.4 is 4.74 Å². The maximum Gasteiger partial charge on any atom is 0.406 e. The van der Waals surface area contributed by atoms with Crippen LogP contribution >= 0.6 is 15.9 Å². The van der Waals surface area contributed by atoms with Crippen LogP contribution in [-0.4, -0.2) is 32.8 Å². The van der Waals surface area contributed by atoms with Crippen molar-refractivity contribution in [1.82, 2.24) is 19.5 Å². The lowest BCUT2D eigenvalue weighted by molar-refractivity contribution is -0.139. The number of nitrogens with zero attached hydrogens (tertiary/aromatic N) is 4. The first-order chi connectivity index (χ1) is 9.90. The van der Waals surface area contributed by atoms with Crippen molar-refractivity contribution in [2.45, 2.75) is 12.7 Å². The highest BCUT2D eigenvalue weighted by molar-refractivity contribution is 9.10. The summed E-state index contributed by atoms with van der Waals surface area (Å²) in [5.41, 5.74) is 0.917. The van der Waals surface area contributed by atoms with E-state index in [0.29, 0.717) is 21.0 Å². The van der Waals surface area contributed by atoms with E-state index in [1.165, 1.54) is 19.6 Å². The summed E-state index contributed by atoms with van der Waals surface area (Å²) in [6.07, 6.45) is -1.76. The number of methoxy groups -OCH3 is 1. The lowest BCUT2D eigenvalue weighted by Gasteiger charge is -2.11. The van der Waals surface area contributed by atoms with Gasteiger partial charge in [-0.1, -0.05) is 0 Å². The molecule has 0 saturated heterocycles. The minimum absolute atomic E-state index is 0.0940. The van der Waals surface area contributed by atoms with Gasteiger partial charge in [0.25, 0.3) is 0 Å². The van der Waals surface area contributed by atoms with Gasteiger partial charge in [-0.05, 0) is 22.0 Å². The maximum atomic E-state index is 12.9. The molecule has 0 aliphatic rings. The van der Waals surface area contributed by atoms with Crippen molar-refractivity contribution < 1.29 is 17.9 Å². The molecule has 0 N–H and O–H groups in total. The molecule has 3 aromatic heterocycles. The average Bonchev–Trinajstić information content (AvgIpc) is 2.71. The molecule has 0 aromatic carbocycles. The first-order valence-corrected chi connectivity index (χ1v) is 6.59. The third kappa shape index (κ3) is 2.41. The molecule has 0 aliphatic carbocycles. The van der Waals surface area contributed by atoms with E-state index in [0.717, 1.165) is 4.57 Å². The fourth-order valence-corrected chi connectivity index (χ4v) is 2.58. The molecule has 21 heavy (non-hydrogen) atoms. The monoisotopic (exact) mass is 360 g/mol. The number of alkyl halides is 3. The van der Waals surface area contributed by atoms with Crippen molar-refractivity contribution in [3.05, 3.63) is 23.2 Å². The van der Waals surface area contributed by atoms with Crippen LogP contribution in [0.2, 0.25) is 0 Å². The van der Waals surface area contributed by atoms with Crippen LogP contribution in [0.4, 0.5) is 13.2 Å². The number of pyridine rings is 1. The number of halogens is 4. The lowest BCUT2D eigenvalue weighted by Crippen LogP contribution is -2.17. The van der Waals surface area contributed by atoms with E-state index in [4.69, 9.17) is 4.74 Å². The molecule has 0 saturated carbocycles. The molecule has 3 rings (SSSR count). The highest BCUT2D eigenvalue weighted by Gasteiger charge is 2.31. The summed E-state index contributed by atoms with van der Waals surface area (Å²) in [7, 11) is 1.35. The van der Waals surface area contributed by atoms with Gasteiger partial charge in [0.05, 0.1) is 18.8 Å². The Balaban J connectivity index is 2.44. The zero-order chi connectivity index (χ0) is 15.2. The Bertz CT molecular complexity index is 831. The molecule has 0 amide bonds. The summed E-state index contributed by atoms with van der Waals surface area (Å²) in [5.74, 6) is 0.0940. The maximum absolute atomic E-state index is 12.9. The molecular weight excluding hydrogens is 353 g/mol. The van der Waals surface area contributed by atoms with E-state index < -0.39 is 12.7 Å². The largest absolute Gasteiger partial charge is 0.479 e. The van der Waals surface area contributed by atoms with Crippen molar-refractivity contribution in [3.8, 4) is 5.88 Å². The number of aromatic nitrogens is 4. The molecule has 0 radical (unpaired) electrons. The fraction of sp³-hybridized carbons (Fsp3) is 0.250. The Kier molecular flexibility index (Phi) is 3.23. The number of hydrogen-bond acceptors (Lipinski definition) is 4. The minimum atomic E-state index is -4.38. The van der Waals surface area contributed by atoms with E-state index in [-0.39, 0.29) is 11.4 Å². The number of rotatable bonds is 2. The topological polar surface area (TPSA) is 52.8 Å². The molecule has 0 spiro atoms. The van der Waals surface area contributed by atoms with E-state index in [1.54, 1.807) is 6.07 Å². The Morgan fingerprint density at radius 2 is 2.05 bits per heavy atom. The molecule has 0 aliphatic heterocycles. The smallest absolute Gasteiger partial charge is 0.406 e. The van der Waals surface area contributed by atoms with Crippen LogP contribution in [0.15, 0.2) is 23.2 Å². The third-order valence-electron chi connectivity index (χ3n) is 2.98. The molecule has 0 fully saturated rings. The quantitative estimate of drug-likeness (QED) is 0.658. The number of ether oxygens (including phenoxy) is 1. The van der Waals surface area contributed by atoms with Gasteiger partial charge in [-0.3, -0.25) is 0 Å². The van der Waals surface area contributed by atoms with Gasteiger partial charge < -0.3 is 9.30 Å². The molecule has 110 valence electrons. The molecule has 0 bridgehead atoms. The van der Waals surface area contributed by atoms with Gasteiger partial charge in [0.15, 0.2) is 0 Å². The summed E-state index contributed by atoms with van der Waals surface area (Å²) in [4.78, 5) is 12.0. The van der Waals surface area contributed by atoms with Gasteiger partial charge in [0.1, 0.15) is 28.5 Å². The third-order valence-corrected chi connectivity index (χ3v) is 3.42. The average molecular weight is 361 g/mol. The number of hydrogen-bond donors (Lipinski definition) is 0.